The van der Waals surface area contributed by atoms with Crippen molar-refractivity contribution in [1.82, 2.24) is 9.97 Å². The fourth-order valence-corrected chi connectivity index (χ4v) is 4.55. The van der Waals surface area contributed by atoms with Crippen molar-refractivity contribution in [2.75, 3.05) is 6.67 Å². The predicted octanol–water partition coefficient (Wildman–Crippen LogP) is 3.78. The molecule has 3 atom stereocenters. The van der Waals surface area contributed by atoms with Gasteiger partial charge in [0.05, 0.1) is 23.0 Å². The summed E-state index contributed by atoms with van der Waals surface area (Å²) in [7, 11) is 0. The Morgan fingerprint density at radius 3 is 2.90 bits per heavy atom. The van der Waals surface area contributed by atoms with Gasteiger partial charge in [0.25, 0.3) is 6.02 Å². The van der Waals surface area contributed by atoms with E-state index in [0.29, 0.717) is 34.6 Å². The smallest absolute Gasteiger partial charge is 0.283 e. The molecular weight excluding hydrogens is 424 g/mol. The maximum absolute atomic E-state index is 14.4. The highest BCUT2D eigenvalue weighted by Crippen LogP contribution is 2.54. The zero-order chi connectivity index (χ0) is 21.8. The van der Waals surface area contributed by atoms with Crippen molar-refractivity contribution < 1.29 is 13.5 Å². The maximum Gasteiger partial charge on any atom is 0.283 e. The van der Waals surface area contributed by atoms with Gasteiger partial charge in [0.1, 0.15) is 24.4 Å². The van der Waals surface area contributed by atoms with Crippen molar-refractivity contribution in [2.24, 2.45) is 16.6 Å². The highest BCUT2D eigenvalue weighted by molar-refractivity contribution is 6.31. The van der Waals surface area contributed by atoms with Gasteiger partial charge in [-0.3, -0.25) is 9.97 Å². The number of hydrogen-bond donors (Lipinski definition) is 1. The topological polar surface area (TPSA) is 97.2 Å². The van der Waals surface area contributed by atoms with Crippen molar-refractivity contribution >= 4 is 28.5 Å². The molecular formula is C22H16ClF2N5O. The average Bonchev–Trinajstić information content (AvgIpc) is 3.56. The molecule has 1 aliphatic heterocycles. The fraction of sp³-hybridized carbons (Fsp3) is 0.273. The van der Waals surface area contributed by atoms with E-state index in [2.05, 4.69) is 15.0 Å². The Kier molecular flexibility index (Phi) is 4.52. The molecule has 2 aromatic heterocycles. The lowest BCUT2D eigenvalue weighted by Crippen LogP contribution is -2.39. The third-order valence-corrected chi connectivity index (χ3v) is 6.21. The SMILES string of the molecule is N#Cc1cnc2c(Cc3ccc(Cl)c([C@@]4(CF)N=C(N)O[C@@H]5C[C@@H]54)c3)ncc(F)c2c1. The fourth-order valence-electron chi connectivity index (χ4n) is 4.27. The summed E-state index contributed by atoms with van der Waals surface area (Å²) in [6.07, 6.45) is 3.30. The van der Waals surface area contributed by atoms with Crippen LogP contribution in [-0.2, 0) is 16.7 Å². The largest absolute Gasteiger partial charge is 0.462 e. The number of fused-ring (bicyclic) bond motifs is 2. The Bertz CT molecular complexity index is 1290. The molecule has 1 saturated carbocycles. The molecule has 156 valence electrons. The Hall–Kier alpha value is -3.31. The standard InChI is InChI=1S/C22H16ClF2N5O/c23-16-2-1-11(4-14(16)22(10-24)15-6-19(15)31-21(27)30-22)5-18-20-13(17(25)9-28-18)3-12(7-26)8-29-20/h1-4,8-9,15,19H,5-6,10H2,(H2,27,30)/t15-,19+,22+/m0/s1. The summed E-state index contributed by atoms with van der Waals surface area (Å²) in [5.74, 6) is -0.684. The summed E-state index contributed by atoms with van der Waals surface area (Å²) in [5, 5.41) is 9.68. The van der Waals surface area contributed by atoms with Gasteiger partial charge in [-0.2, -0.15) is 5.26 Å². The van der Waals surface area contributed by atoms with Gasteiger partial charge < -0.3 is 10.5 Å². The van der Waals surface area contributed by atoms with Crippen molar-refractivity contribution in [3.8, 4) is 6.07 Å². The van der Waals surface area contributed by atoms with Gasteiger partial charge in [-0.25, -0.2) is 13.8 Å². The Balaban J connectivity index is 1.58. The molecule has 1 aliphatic carbocycles. The van der Waals surface area contributed by atoms with Crippen molar-refractivity contribution in [3.63, 3.8) is 0 Å². The number of amidine groups is 1. The molecule has 0 unspecified atom stereocenters. The van der Waals surface area contributed by atoms with Crippen LogP contribution in [0.15, 0.2) is 41.7 Å². The Labute approximate surface area is 181 Å². The lowest BCUT2D eigenvalue weighted by molar-refractivity contribution is 0.171. The summed E-state index contributed by atoms with van der Waals surface area (Å²) in [6.45, 7) is -0.752. The van der Waals surface area contributed by atoms with Gasteiger partial charge in [-0.1, -0.05) is 23.7 Å². The van der Waals surface area contributed by atoms with Gasteiger partial charge in [0.15, 0.2) is 5.82 Å². The predicted molar refractivity (Wildman–Crippen MR) is 111 cm³/mol. The number of alkyl halides is 1. The molecule has 3 aromatic rings. The molecule has 1 fully saturated rings. The first-order valence-electron chi connectivity index (χ1n) is 9.65. The molecule has 3 heterocycles. The van der Waals surface area contributed by atoms with Gasteiger partial charge in [-0.05, 0) is 24.1 Å². The molecule has 1 aromatic carbocycles. The quantitative estimate of drug-likeness (QED) is 0.667. The van der Waals surface area contributed by atoms with E-state index in [1.165, 1.54) is 12.3 Å². The number of benzene rings is 1. The molecule has 5 rings (SSSR count). The molecule has 2 N–H and O–H groups in total. The zero-order valence-electron chi connectivity index (χ0n) is 16.1. The molecule has 0 spiro atoms. The van der Waals surface area contributed by atoms with Crippen LogP contribution in [-0.4, -0.2) is 28.8 Å². The first-order chi connectivity index (χ1) is 14.9. The summed E-state index contributed by atoms with van der Waals surface area (Å²) >= 11 is 6.46. The number of halogens is 3. The number of aromatic nitrogens is 2. The molecule has 0 radical (unpaired) electrons. The number of nitrogens with two attached hydrogens (primary N) is 1. The zero-order valence-corrected chi connectivity index (χ0v) is 16.9. The minimum Gasteiger partial charge on any atom is -0.462 e. The second-order valence-electron chi connectivity index (χ2n) is 7.78. The lowest BCUT2D eigenvalue weighted by atomic mass is 9.84. The van der Waals surface area contributed by atoms with Crippen molar-refractivity contribution in [1.29, 1.82) is 5.26 Å². The number of rotatable bonds is 4. The number of nitriles is 1. The van der Waals surface area contributed by atoms with Crippen LogP contribution >= 0.6 is 11.6 Å². The third-order valence-electron chi connectivity index (χ3n) is 5.88. The van der Waals surface area contributed by atoms with Crippen molar-refractivity contribution in [2.45, 2.75) is 24.5 Å². The number of aliphatic imine (C=N–C) groups is 1. The molecule has 6 nitrogen and oxygen atoms in total. The van der Waals surface area contributed by atoms with E-state index in [1.807, 2.05) is 6.07 Å². The first kappa shape index (κ1) is 19.6. The Morgan fingerprint density at radius 2 is 2.13 bits per heavy atom. The molecule has 2 aliphatic rings. The second-order valence-corrected chi connectivity index (χ2v) is 8.19. The Morgan fingerprint density at radius 1 is 1.29 bits per heavy atom. The molecule has 0 saturated heterocycles. The third kappa shape index (κ3) is 3.17. The van der Waals surface area contributed by atoms with E-state index in [9.17, 15) is 8.78 Å². The van der Waals surface area contributed by atoms with Gasteiger partial charge in [0.2, 0.25) is 0 Å². The highest BCUT2D eigenvalue weighted by Gasteiger charge is 2.59. The van der Waals surface area contributed by atoms with Crippen LogP contribution in [0.4, 0.5) is 8.78 Å². The van der Waals surface area contributed by atoms with Crippen LogP contribution in [0.3, 0.4) is 0 Å². The summed E-state index contributed by atoms with van der Waals surface area (Å²) < 4.78 is 34.0. The summed E-state index contributed by atoms with van der Waals surface area (Å²) in [4.78, 5) is 12.8. The van der Waals surface area contributed by atoms with Crippen LogP contribution in [0.1, 0.15) is 28.8 Å². The molecule has 0 amide bonds. The van der Waals surface area contributed by atoms with Crippen molar-refractivity contribution in [3.05, 3.63) is 69.9 Å². The number of ether oxygens (including phenoxy) is 1. The van der Waals surface area contributed by atoms with E-state index < -0.39 is 18.0 Å². The number of hydrogen-bond acceptors (Lipinski definition) is 6. The van der Waals surface area contributed by atoms with Gasteiger partial charge in [-0.15, -0.1) is 0 Å². The van der Waals surface area contributed by atoms with E-state index in [0.717, 1.165) is 11.8 Å². The molecule has 9 heteroatoms. The first-order valence-corrected chi connectivity index (χ1v) is 10.0. The molecule has 31 heavy (non-hydrogen) atoms. The summed E-state index contributed by atoms with van der Waals surface area (Å²) in [5.41, 5.74) is 7.10. The van der Waals surface area contributed by atoms with E-state index in [4.69, 9.17) is 27.3 Å². The lowest BCUT2D eigenvalue weighted by Gasteiger charge is -2.32. The minimum absolute atomic E-state index is 0.0402. The van der Waals surface area contributed by atoms with E-state index in [1.54, 1.807) is 18.2 Å². The van der Waals surface area contributed by atoms with Crippen LogP contribution in [0.25, 0.3) is 10.9 Å². The monoisotopic (exact) mass is 439 g/mol. The normalized spacial score (nSPS) is 24.1. The second kappa shape index (κ2) is 7.13. The average molecular weight is 440 g/mol. The molecule has 0 bridgehead atoms. The van der Waals surface area contributed by atoms with E-state index in [-0.39, 0.29) is 29.0 Å². The van der Waals surface area contributed by atoms with Gasteiger partial charge >= 0.3 is 0 Å². The van der Waals surface area contributed by atoms with Crippen LogP contribution < -0.4 is 5.73 Å². The van der Waals surface area contributed by atoms with Crippen LogP contribution in [0, 0.1) is 23.1 Å². The van der Waals surface area contributed by atoms with Crippen LogP contribution in [0.5, 0.6) is 0 Å². The highest BCUT2D eigenvalue weighted by atomic mass is 35.5. The minimum atomic E-state index is -1.18. The van der Waals surface area contributed by atoms with Crippen LogP contribution in [0.2, 0.25) is 5.02 Å². The van der Waals surface area contributed by atoms with Gasteiger partial charge in [0, 0.05) is 34.5 Å². The number of pyridine rings is 2. The maximum atomic E-state index is 14.4. The van der Waals surface area contributed by atoms with E-state index >= 15 is 0 Å². The number of nitrogens with zero attached hydrogens (tertiary/aromatic N) is 4. The summed E-state index contributed by atoms with van der Waals surface area (Å²) in [6, 6.07) is 8.64.